The van der Waals surface area contributed by atoms with E-state index >= 15 is 0 Å². The maximum absolute atomic E-state index is 11.5. The molecule has 5 heteroatoms. The highest BCUT2D eigenvalue weighted by atomic mass is 32.2. The molecule has 1 amide bonds. The van der Waals surface area contributed by atoms with Crippen LogP contribution in [-0.2, 0) is 15.9 Å². The largest absolute Gasteiger partial charge is 0.612 e. The number of carbonyl (C=O) groups excluding carboxylic acids is 1. The number of hydrogen-bond donors (Lipinski definition) is 1. The van der Waals surface area contributed by atoms with Gasteiger partial charge < -0.3 is 9.29 Å². The Morgan fingerprint density at radius 2 is 2.06 bits per heavy atom. The van der Waals surface area contributed by atoms with Gasteiger partial charge in [-0.05, 0) is 44.1 Å². The number of hydrogen-bond acceptors (Lipinski definition) is 3. The van der Waals surface area contributed by atoms with Crippen LogP contribution in [0.1, 0.15) is 20.8 Å². The second-order valence-corrected chi connectivity index (χ2v) is 5.99. The molecule has 1 aromatic rings. The molecule has 0 aromatic heterocycles. The fraction of sp³-hybridized carbons (Fsp3) is 0.417. The van der Waals surface area contributed by atoms with Gasteiger partial charge >= 0.3 is 6.09 Å². The maximum atomic E-state index is 11.5. The molecule has 0 bridgehead atoms. The van der Waals surface area contributed by atoms with Crippen molar-refractivity contribution in [2.45, 2.75) is 31.3 Å². The molecule has 0 fully saturated rings. The summed E-state index contributed by atoms with van der Waals surface area (Å²) in [4.78, 5) is 12.2. The van der Waals surface area contributed by atoms with E-state index in [2.05, 4.69) is 5.32 Å². The van der Waals surface area contributed by atoms with Gasteiger partial charge in [0.2, 0.25) is 0 Å². The van der Waals surface area contributed by atoms with E-state index in [-0.39, 0.29) is 0 Å². The Morgan fingerprint density at radius 1 is 1.41 bits per heavy atom. The molecule has 4 nitrogen and oxygen atoms in total. The topological polar surface area (TPSA) is 61.4 Å². The predicted molar refractivity (Wildman–Crippen MR) is 68.6 cm³/mol. The number of ether oxygens (including phenoxy) is 1. The zero-order valence-corrected chi connectivity index (χ0v) is 11.3. The van der Waals surface area contributed by atoms with Crippen molar-refractivity contribution in [1.29, 1.82) is 0 Å². The number of rotatable bonds is 2. The van der Waals surface area contributed by atoms with Gasteiger partial charge in [-0.25, -0.2) is 4.79 Å². The van der Waals surface area contributed by atoms with Crippen LogP contribution in [0.25, 0.3) is 0 Å². The minimum absolute atomic E-state index is 0.517. The molecule has 17 heavy (non-hydrogen) atoms. The molecule has 0 aliphatic carbocycles. The van der Waals surface area contributed by atoms with Crippen LogP contribution in [0.3, 0.4) is 0 Å². The van der Waals surface area contributed by atoms with E-state index in [4.69, 9.17) is 4.74 Å². The fourth-order valence-electron chi connectivity index (χ4n) is 1.17. The molecule has 1 rings (SSSR count). The number of benzene rings is 1. The summed E-state index contributed by atoms with van der Waals surface area (Å²) >= 11 is -1.07. The van der Waals surface area contributed by atoms with E-state index in [9.17, 15) is 9.35 Å². The second kappa shape index (κ2) is 5.42. The lowest BCUT2D eigenvalue weighted by molar-refractivity contribution is 0.0636. The zero-order chi connectivity index (χ0) is 13.1. The summed E-state index contributed by atoms with van der Waals surface area (Å²) < 4.78 is 16.4. The average molecular weight is 255 g/mol. The van der Waals surface area contributed by atoms with Crippen LogP contribution in [0.4, 0.5) is 10.5 Å². The lowest BCUT2D eigenvalue weighted by Crippen LogP contribution is -2.27. The van der Waals surface area contributed by atoms with Crippen LogP contribution in [-0.4, -0.2) is 22.5 Å². The third-order valence-corrected chi connectivity index (χ3v) is 2.73. The molecule has 94 valence electrons. The quantitative estimate of drug-likeness (QED) is 0.826. The summed E-state index contributed by atoms with van der Waals surface area (Å²) in [5, 5.41) is 2.60. The van der Waals surface area contributed by atoms with Gasteiger partial charge in [-0.1, -0.05) is 6.07 Å². The van der Waals surface area contributed by atoms with Gasteiger partial charge in [0.15, 0.2) is 4.90 Å². The predicted octanol–water partition coefficient (Wildman–Crippen LogP) is 2.77. The van der Waals surface area contributed by atoms with Crippen molar-refractivity contribution in [3.63, 3.8) is 0 Å². The highest BCUT2D eigenvalue weighted by Gasteiger charge is 2.16. The molecule has 0 aliphatic heterocycles. The van der Waals surface area contributed by atoms with Crippen molar-refractivity contribution in [3.8, 4) is 0 Å². The van der Waals surface area contributed by atoms with Crippen LogP contribution in [0.2, 0.25) is 0 Å². The molecular formula is C12H17NO3S. The Bertz CT molecular complexity index is 399. The van der Waals surface area contributed by atoms with Gasteiger partial charge in [0.1, 0.15) is 11.9 Å². The van der Waals surface area contributed by atoms with Crippen LogP contribution < -0.4 is 5.32 Å². The summed E-state index contributed by atoms with van der Waals surface area (Å²) in [5.41, 5.74) is 0.0434. The first-order valence-electron chi connectivity index (χ1n) is 5.21. The average Bonchev–Trinajstić information content (AvgIpc) is 2.14. The van der Waals surface area contributed by atoms with Crippen molar-refractivity contribution in [2.24, 2.45) is 0 Å². The fourth-order valence-corrected chi connectivity index (χ4v) is 1.74. The second-order valence-electron chi connectivity index (χ2n) is 4.61. The van der Waals surface area contributed by atoms with E-state index in [1.54, 1.807) is 51.3 Å². The van der Waals surface area contributed by atoms with Crippen molar-refractivity contribution < 1.29 is 14.1 Å². The summed E-state index contributed by atoms with van der Waals surface area (Å²) in [7, 11) is 0. The Kier molecular flexibility index (Phi) is 4.42. The number of carbonyl (C=O) groups is 1. The third kappa shape index (κ3) is 5.10. The third-order valence-electron chi connectivity index (χ3n) is 1.81. The molecule has 0 radical (unpaired) electrons. The zero-order valence-electron chi connectivity index (χ0n) is 10.4. The van der Waals surface area contributed by atoms with Crippen LogP contribution in [0, 0.1) is 0 Å². The molecule has 0 aliphatic rings. The molecule has 1 atom stereocenters. The maximum Gasteiger partial charge on any atom is 0.412 e. The van der Waals surface area contributed by atoms with Crippen molar-refractivity contribution in [2.75, 3.05) is 11.6 Å². The molecule has 0 saturated carbocycles. The summed E-state index contributed by atoms with van der Waals surface area (Å²) in [6.07, 6.45) is 1.07. The summed E-state index contributed by atoms with van der Waals surface area (Å²) in [6, 6.07) is 6.88. The van der Waals surface area contributed by atoms with E-state index in [1.165, 1.54) is 0 Å². The van der Waals surface area contributed by atoms with Crippen LogP contribution in [0.15, 0.2) is 29.2 Å². The molecular weight excluding hydrogens is 238 g/mol. The SMILES string of the molecule is C[S+]([O-])c1cccc(NC(=O)OC(C)(C)C)c1. The minimum Gasteiger partial charge on any atom is -0.612 e. The van der Waals surface area contributed by atoms with Gasteiger partial charge in [0.05, 0.1) is 0 Å². The molecule has 1 unspecified atom stereocenters. The summed E-state index contributed by atoms with van der Waals surface area (Å²) in [5.74, 6) is 0. The highest BCUT2D eigenvalue weighted by Crippen LogP contribution is 2.16. The van der Waals surface area contributed by atoms with E-state index < -0.39 is 22.9 Å². The van der Waals surface area contributed by atoms with Crippen LogP contribution >= 0.6 is 0 Å². The Balaban J connectivity index is 2.69. The number of nitrogens with one attached hydrogen (secondary N) is 1. The molecule has 0 heterocycles. The van der Waals surface area contributed by atoms with E-state index in [0.717, 1.165) is 0 Å². The Morgan fingerprint density at radius 3 is 2.59 bits per heavy atom. The van der Waals surface area contributed by atoms with Gasteiger partial charge in [-0.3, -0.25) is 5.32 Å². The Hall–Kier alpha value is -1.20. The van der Waals surface area contributed by atoms with E-state index in [0.29, 0.717) is 10.6 Å². The normalized spacial score (nSPS) is 13.0. The number of amides is 1. The first-order valence-corrected chi connectivity index (χ1v) is 6.77. The van der Waals surface area contributed by atoms with Gasteiger partial charge in [0.25, 0.3) is 0 Å². The standard InChI is InChI=1S/C12H17NO3S/c1-12(2,3)16-11(14)13-9-6-5-7-10(8-9)17(4)15/h5-8H,1-4H3,(H,13,14). The first-order chi connectivity index (χ1) is 7.78. The monoisotopic (exact) mass is 255 g/mol. The first kappa shape index (κ1) is 13.9. The number of anilines is 1. The molecule has 0 saturated heterocycles. The van der Waals surface area contributed by atoms with Crippen molar-refractivity contribution >= 4 is 23.0 Å². The Labute approximate surface area is 105 Å². The van der Waals surface area contributed by atoms with Gasteiger partial charge in [-0.15, -0.1) is 0 Å². The molecule has 1 aromatic carbocycles. The smallest absolute Gasteiger partial charge is 0.412 e. The van der Waals surface area contributed by atoms with Gasteiger partial charge in [-0.2, -0.15) is 0 Å². The lowest BCUT2D eigenvalue weighted by atomic mass is 10.2. The van der Waals surface area contributed by atoms with E-state index in [1.807, 2.05) is 0 Å². The highest BCUT2D eigenvalue weighted by molar-refractivity contribution is 7.90. The van der Waals surface area contributed by atoms with Crippen LogP contribution in [0.5, 0.6) is 0 Å². The van der Waals surface area contributed by atoms with Gasteiger partial charge in [0, 0.05) is 11.8 Å². The summed E-state index contributed by atoms with van der Waals surface area (Å²) in [6.45, 7) is 5.39. The lowest BCUT2D eigenvalue weighted by Gasteiger charge is -2.19. The molecule has 1 N–H and O–H groups in total. The van der Waals surface area contributed by atoms with Crippen molar-refractivity contribution in [1.82, 2.24) is 0 Å². The van der Waals surface area contributed by atoms with Crippen molar-refractivity contribution in [3.05, 3.63) is 24.3 Å². The minimum atomic E-state index is -1.07. The molecule has 0 spiro atoms.